The predicted octanol–water partition coefficient (Wildman–Crippen LogP) is 20.7. The number of aromatic nitrogens is 15. The van der Waals surface area contributed by atoms with Gasteiger partial charge in [-0.15, -0.1) is 172 Å². The van der Waals surface area contributed by atoms with E-state index in [4.69, 9.17) is 10.1 Å². The SMILES string of the molecule is CCc1nc(-c2[c-]cccc2)n(-c2cc(C(C)C)ccc2C)n1.CSc1c[c-]c(-c2nc(C)nn2-c2ccccc2C)cc1.CSc1cc[c-]c(-c2nc(C)nn2-c2ccccc2C)c1.Cc1nc(-c2[c-]cc3ccccc3c2)n(-c2ccccc2C)n1.Cc1nc(-c2[c-]cccc2)n(-c2ccccc2C)n1.[Co].[Ir].[Ir].[Ir].[Pt]. The van der Waals surface area contributed by atoms with E-state index in [2.05, 4.69) is 242 Å². The van der Waals surface area contributed by atoms with Crippen LogP contribution in [0.1, 0.15) is 89.2 Å². The molecule has 0 unspecified atom stereocenters. The van der Waals surface area contributed by atoms with Gasteiger partial charge in [0, 0.05) is 105 Å². The third kappa shape index (κ3) is 22.2. The van der Waals surface area contributed by atoms with Gasteiger partial charge in [0.05, 0.1) is 57.6 Å². The van der Waals surface area contributed by atoms with Crippen molar-refractivity contribution in [2.45, 2.75) is 105 Å². The summed E-state index contributed by atoms with van der Waals surface area (Å²) in [4.78, 5) is 25.4. The Balaban J connectivity index is 0.000000192. The number of aryl methyl sites for hydroxylation is 10. The molecule has 15 nitrogen and oxygen atoms in total. The molecule has 112 heavy (non-hydrogen) atoms. The first kappa shape index (κ1) is 90.4. The van der Waals surface area contributed by atoms with Crippen LogP contribution in [-0.2, 0) is 105 Å². The number of rotatable bonds is 14. The van der Waals surface area contributed by atoms with E-state index in [1.54, 1.807) is 23.5 Å². The van der Waals surface area contributed by atoms with Crippen LogP contribution in [0.25, 0.3) is 96.1 Å². The summed E-state index contributed by atoms with van der Waals surface area (Å²) < 4.78 is 9.56. The minimum atomic E-state index is 0. The zero-order chi connectivity index (χ0) is 75.1. The number of hydrogen-bond donors (Lipinski definition) is 0. The monoisotopic (exact) mass is 2270 g/mol. The van der Waals surface area contributed by atoms with E-state index in [9.17, 15) is 0 Å². The molecule has 0 aliphatic heterocycles. The number of thioether (sulfide) groups is 2. The topological polar surface area (TPSA) is 154 Å². The van der Waals surface area contributed by atoms with Gasteiger partial charge in [0.25, 0.3) is 0 Å². The average molecular weight is 2270 g/mol. The molecule has 11 aromatic carbocycles. The zero-order valence-corrected chi connectivity index (χ0v) is 76.6. The van der Waals surface area contributed by atoms with E-state index >= 15 is 0 Å². The fourth-order valence-electron chi connectivity index (χ4n) is 12.0. The van der Waals surface area contributed by atoms with E-state index in [1.165, 1.54) is 53.9 Å². The first-order valence-corrected chi connectivity index (χ1v) is 37.9. The van der Waals surface area contributed by atoms with E-state index in [1.807, 2.05) is 185 Å². The van der Waals surface area contributed by atoms with Crippen LogP contribution in [0.2, 0.25) is 0 Å². The zero-order valence-electron chi connectivity index (χ0n) is 64.5. The molecule has 0 saturated heterocycles. The number of hydrogen-bond acceptors (Lipinski definition) is 12. The van der Waals surface area contributed by atoms with Gasteiger partial charge in [-0.25, -0.2) is 0 Å². The second-order valence-corrected chi connectivity index (χ2v) is 27.6. The Labute approximate surface area is 731 Å². The van der Waals surface area contributed by atoms with Crippen LogP contribution in [0, 0.1) is 92.6 Å². The maximum atomic E-state index is 4.72. The van der Waals surface area contributed by atoms with Crippen LogP contribution in [0.15, 0.2) is 246 Å². The van der Waals surface area contributed by atoms with Gasteiger partial charge in [-0.2, -0.15) is 37.3 Å². The van der Waals surface area contributed by atoms with Crippen molar-refractivity contribution < 1.29 is 98.2 Å². The van der Waals surface area contributed by atoms with Crippen molar-refractivity contribution in [2.24, 2.45) is 0 Å². The Morgan fingerprint density at radius 2 is 0.696 bits per heavy atom. The molecule has 0 spiro atoms. The van der Waals surface area contributed by atoms with Crippen LogP contribution in [-0.4, -0.2) is 86.3 Å². The molecule has 0 aliphatic rings. The molecule has 4 radical (unpaired) electrons. The standard InChI is InChI=1S/C20H16N3.C20H22N3.2C17H16N3S.C16H14N3.Co.3Ir.Pt/c1-14-7-3-6-10-19(14)23-20(21-15(2)22-23)18-12-11-16-8-4-5-9-17(16)13-18;1-5-19-21-20(16-9-7-6-8-10-16)23(22-19)18-13-17(14(2)3)12-11-15(18)4;1-12-7-4-5-10-16(12)20-17(18-13(2)19-20)14-8-6-9-15(11-14)21-3;1-12-6-4-5-7-16(12)20-17(18-13(2)19-20)14-8-10-15(21-3)11-9-14;1-12-8-6-7-11-15(12)19-16(17-13(2)18-19)14-9-4-3-5-10-14;;;;;/h3-11,13H,1-2H3;6-9,11-14H,5H2,1-4H3;4-7,9-11H,1-3H3;4-8,10-11H,1-3H3;3-9,11H,1-2H3;;;;;/q5*-1;;;;;. The summed E-state index contributed by atoms with van der Waals surface area (Å²) in [5.74, 6) is 8.53. The van der Waals surface area contributed by atoms with Gasteiger partial charge < -0.3 is 0 Å². The van der Waals surface area contributed by atoms with Gasteiger partial charge in [0.2, 0.25) is 0 Å². The van der Waals surface area contributed by atoms with E-state index in [0.29, 0.717) is 5.92 Å². The summed E-state index contributed by atoms with van der Waals surface area (Å²) in [6.07, 6.45) is 4.94. The Morgan fingerprint density at radius 1 is 0.330 bits per heavy atom. The molecule has 5 heterocycles. The van der Waals surface area contributed by atoms with Gasteiger partial charge in [-0.1, -0.05) is 145 Å². The molecular weight excluding hydrogens is 2190 g/mol. The van der Waals surface area contributed by atoms with Crippen LogP contribution in [0.4, 0.5) is 0 Å². The van der Waals surface area contributed by atoms with Crippen molar-refractivity contribution >= 4 is 34.3 Å². The first-order valence-electron chi connectivity index (χ1n) is 35.5. The quantitative estimate of drug-likeness (QED) is 0.0752. The Bertz CT molecular complexity index is 5690. The summed E-state index contributed by atoms with van der Waals surface area (Å²) in [7, 11) is 0. The summed E-state index contributed by atoms with van der Waals surface area (Å²) in [6, 6.07) is 96.1. The molecule has 5 aromatic heterocycles. The second-order valence-electron chi connectivity index (χ2n) is 25.9. The van der Waals surface area contributed by atoms with Crippen molar-refractivity contribution in [3.63, 3.8) is 0 Å². The molecule has 16 rings (SSSR count). The summed E-state index contributed by atoms with van der Waals surface area (Å²) in [5.41, 5.74) is 17.3. The summed E-state index contributed by atoms with van der Waals surface area (Å²) >= 11 is 3.42. The number of fused-ring (bicyclic) bond motifs is 1. The van der Waals surface area contributed by atoms with Crippen molar-refractivity contribution in [1.29, 1.82) is 0 Å². The molecule has 22 heteroatoms. The normalized spacial score (nSPS) is 10.4. The van der Waals surface area contributed by atoms with E-state index in [-0.39, 0.29) is 98.2 Å². The minimum absolute atomic E-state index is 0. The van der Waals surface area contributed by atoms with Crippen molar-refractivity contribution in [2.75, 3.05) is 12.5 Å². The molecule has 0 N–H and O–H groups in total. The second kappa shape index (κ2) is 42.9. The minimum Gasteiger partial charge on any atom is -0.262 e. The van der Waals surface area contributed by atoms with Crippen LogP contribution >= 0.6 is 23.5 Å². The van der Waals surface area contributed by atoms with E-state index in [0.717, 1.165) is 121 Å². The third-order valence-electron chi connectivity index (χ3n) is 17.7. The van der Waals surface area contributed by atoms with Gasteiger partial charge >= 0.3 is 0 Å². The molecule has 0 amide bonds. The molecule has 0 bridgehead atoms. The Morgan fingerprint density at radius 3 is 1.10 bits per heavy atom. The van der Waals surface area contributed by atoms with Crippen LogP contribution in [0.5, 0.6) is 0 Å². The van der Waals surface area contributed by atoms with E-state index < -0.39 is 0 Å². The maximum absolute atomic E-state index is 4.72. The number of para-hydroxylation sites is 4. The molecule has 582 valence electrons. The Hall–Kier alpha value is -8.78. The predicted molar refractivity (Wildman–Crippen MR) is 435 cm³/mol. The van der Waals surface area contributed by atoms with Crippen molar-refractivity contribution in [1.82, 2.24) is 73.8 Å². The molecule has 16 aromatic rings. The first-order chi connectivity index (χ1) is 51.9. The molecule has 0 saturated carbocycles. The summed E-state index contributed by atoms with van der Waals surface area (Å²) in [6.45, 7) is 24.6. The smallest absolute Gasteiger partial charge is 0.140 e. The van der Waals surface area contributed by atoms with Gasteiger partial charge in [0.15, 0.2) is 0 Å². The molecule has 0 fully saturated rings. The number of benzene rings is 11. The largest absolute Gasteiger partial charge is 0.262 e. The summed E-state index contributed by atoms with van der Waals surface area (Å²) in [5, 5.41) is 25.3. The van der Waals surface area contributed by atoms with Crippen molar-refractivity contribution in [3.05, 3.63) is 329 Å². The maximum Gasteiger partial charge on any atom is 0.140 e. The van der Waals surface area contributed by atoms with Gasteiger partial charge in [0.1, 0.15) is 29.1 Å². The van der Waals surface area contributed by atoms with Crippen LogP contribution in [0.3, 0.4) is 0 Å². The third-order valence-corrected chi connectivity index (χ3v) is 19.1. The van der Waals surface area contributed by atoms with Gasteiger partial charge in [-0.05, 0) is 144 Å². The molecule has 0 aliphatic carbocycles. The fourth-order valence-corrected chi connectivity index (χ4v) is 12.8. The number of nitrogens with zero attached hydrogens (tertiary/aromatic N) is 15. The molecular formula is C90H84CoIr3N15PtS2-5. The Kier molecular flexibility index (Phi) is 34.6. The average Bonchev–Trinajstić information content (AvgIpc) is 1.63. The molecule has 0 atom stereocenters. The van der Waals surface area contributed by atoms with Crippen LogP contribution < -0.4 is 0 Å². The fraction of sp³-hybridized carbons (Fsp3) is 0.178. The van der Waals surface area contributed by atoms with Gasteiger partial charge in [-0.3, -0.25) is 48.3 Å². The van der Waals surface area contributed by atoms with Crippen molar-refractivity contribution in [3.8, 4) is 85.4 Å².